The molecule has 1 unspecified atom stereocenters. The highest BCUT2D eigenvalue weighted by atomic mass is 19.1. The van der Waals surface area contributed by atoms with Crippen molar-refractivity contribution in [3.8, 4) is 11.4 Å². The zero-order valence-electron chi connectivity index (χ0n) is 14.5. The summed E-state index contributed by atoms with van der Waals surface area (Å²) in [7, 11) is 0. The number of aromatic nitrogens is 4. The molecule has 1 amide bonds. The van der Waals surface area contributed by atoms with Crippen molar-refractivity contribution in [1.29, 1.82) is 0 Å². The molecule has 1 N–H and O–H groups in total. The molecular weight excluding hydrogens is 349 g/mol. The second-order valence-electron chi connectivity index (χ2n) is 6.36. The minimum Gasteiger partial charge on any atom is -0.374 e. The number of carbonyl (C=O) groups excluding carboxylic acids is 1. The average Bonchev–Trinajstić information content (AvgIpc) is 3.22. The van der Waals surface area contributed by atoms with Gasteiger partial charge in [-0.05, 0) is 29.0 Å². The summed E-state index contributed by atoms with van der Waals surface area (Å²) in [5.74, 6) is -0.00302. The van der Waals surface area contributed by atoms with Crippen LogP contribution in [0.5, 0.6) is 0 Å². The highest BCUT2D eigenvalue weighted by Gasteiger charge is 2.27. The van der Waals surface area contributed by atoms with Crippen molar-refractivity contribution in [3.05, 3.63) is 65.5 Å². The normalized spacial score (nSPS) is 17.1. The molecule has 3 aromatic rings. The lowest BCUT2D eigenvalue weighted by Gasteiger charge is -2.33. The number of hydrogen-bond acceptors (Lipinski definition) is 5. The number of H-pyrrole nitrogens is 1. The predicted octanol–water partition coefficient (Wildman–Crippen LogP) is 2.09. The van der Waals surface area contributed by atoms with Gasteiger partial charge in [-0.25, -0.2) is 4.39 Å². The van der Waals surface area contributed by atoms with Gasteiger partial charge in [-0.1, -0.05) is 30.3 Å². The Balaban J connectivity index is 1.51. The molecule has 1 atom stereocenters. The van der Waals surface area contributed by atoms with E-state index in [0.717, 1.165) is 5.56 Å². The summed E-state index contributed by atoms with van der Waals surface area (Å²) in [6.07, 6.45) is 0.371. The van der Waals surface area contributed by atoms with Crippen LogP contribution >= 0.6 is 0 Å². The third-order valence-electron chi connectivity index (χ3n) is 4.52. The molecule has 1 aromatic heterocycles. The van der Waals surface area contributed by atoms with Crippen LogP contribution in [0.1, 0.15) is 15.9 Å². The van der Waals surface area contributed by atoms with Gasteiger partial charge in [0.2, 0.25) is 5.82 Å². The van der Waals surface area contributed by atoms with Gasteiger partial charge < -0.3 is 9.64 Å². The van der Waals surface area contributed by atoms with Gasteiger partial charge in [0.05, 0.1) is 18.3 Å². The smallest absolute Gasteiger partial charge is 0.254 e. The lowest BCUT2D eigenvalue weighted by molar-refractivity contribution is -0.0208. The van der Waals surface area contributed by atoms with Crippen LogP contribution in [0.3, 0.4) is 0 Å². The first-order chi connectivity index (χ1) is 13.2. The Morgan fingerprint density at radius 1 is 1.26 bits per heavy atom. The van der Waals surface area contributed by atoms with Crippen molar-refractivity contribution in [3.63, 3.8) is 0 Å². The molecule has 0 aliphatic carbocycles. The molecule has 2 aromatic carbocycles. The Morgan fingerprint density at radius 3 is 2.96 bits per heavy atom. The minimum absolute atomic E-state index is 0.108. The molecule has 0 spiro atoms. The molecule has 7 nitrogen and oxygen atoms in total. The molecule has 27 heavy (non-hydrogen) atoms. The summed E-state index contributed by atoms with van der Waals surface area (Å²) < 4.78 is 19.2. The molecule has 1 aliphatic rings. The first kappa shape index (κ1) is 17.3. The molecule has 1 saturated heterocycles. The minimum atomic E-state index is -0.273. The third-order valence-corrected chi connectivity index (χ3v) is 4.52. The molecule has 4 rings (SSSR count). The number of nitrogens with one attached hydrogen (secondary N) is 1. The molecule has 0 bridgehead atoms. The Bertz CT molecular complexity index is 931. The SMILES string of the molecule is O=C(c1ccccc1-c1nn[nH]n1)N1CCOC(Cc2cccc(F)c2)C1. The van der Waals surface area contributed by atoms with E-state index in [1.807, 2.05) is 18.2 Å². The first-order valence-electron chi connectivity index (χ1n) is 8.69. The van der Waals surface area contributed by atoms with E-state index in [0.29, 0.717) is 43.1 Å². The predicted molar refractivity (Wildman–Crippen MR) is 95.4 cm³/mol. The summed E-state index contributed by atoms with van der Waals surface area (Å²) in [5, 5.41) is 13.9. The monoisotopic (exact) mass is 367 g/mol. The third kappa shape index (κ3) is 3.85. The van der Waals surface area contributed by atoms with E-state index >= 15 is 0 Å². The number of carbonyl (C=O) groups is 1. The number of aromatic amines is 1. The summed E-state index contributed by atoms with van der Waals surface area (Å²) in [6, 6.07) is 13.6. The second kappa shape index (κ2) is 7.63. The number of hydrogen-bond donors (Lipinski definition) is 1. The van der Waals surface area contributed by atoms with Crippen molar-refractivity contribution in [2.24, 2.45) is 0 Å². The van der Waals surface area contributed by atoms with Crippen LogP contribution in [0.15, 0.2) is 48.5 Å². The molecular formula is C19H18FN5O2. The maximum Gasteiger partial charge on any atom is 0.254 e. The molecule has 1 fully saturated rings. The van der Waals surface area contributed by atoms with Crippen LogP contribution in [0.4, 0.5) is 4.39 Å². The summed E-state index contributed by atoms with van der Waals surface area (Å²) in [5.41, 5.74) is 2.00. The van der Waals surface area contributed by atoms with Crippen LogP contribution in [-0.2, 0) is 11.2 Å². The Labute approximate surface area is 155 Å². The largest absolute Gasteiger partial charge is 0.374 e. The van der Waals surface area contributed by atoms with E-state index in [4.69, 9.17) is 4.74 Å². The van der Waals surface area contributed by atoms with E-state index in [9.17, 15) is 9.18 Å². The topological polar surface area (TPSA) is 84.0 Å². The van der Waals surface area contributed by atoms with Crippen molar-refractivity contribution in [1.82, 2.24) is 25.5 Å². The van der Waals surface area contributed by atoms with Crippen LogP contribution in [0.2, 0.25) is 0 Å². The van der Waals surface area contributed by atoms with E-state index < -0.39 is 0 Å². The van der Waals surface area contributed by atoms with Crippen LogP contribution in [0.25, 0.3) is 11.4 Å². The van der Waals surface area contributed by atoms with Gasteiger partial charge in [0, 0.05) is 25.1 Å². The number of ether oxygens (including phenoxy) is 1. The Morgan fingerprint density at radius 2 is 2.15 bits per heavy atom. The molecule has 8 heteroatoms. The highest BCUT2D eigenvalue weighted by molar-refractivity contribution is 6.00. The zero-order chi connectivity index (χ0) is 18.6. The van der Waals surface area contributed by atoms with Crippen molar-refractivity contribution < 1.29 is 13.9 Å². The Kier molecular flexibility index (Phi) is 4.88. The maximum atomic E-state index is 13.4. The number of tetrazole rings is 1. The zero-order valence-corrected chi connectivity index (χ0v) is 14.5. The summed E-state index contributed by atoms with van der Waals surface area (Å²) in [4.78, 5) is 14.8. The second-order valence-corrected chi connectivity index (χ2v) is 6.36. The average molecular weight is 367 g/mol. The lowest BCUT2D eigenvalue weighted by atomic mass is 10.0. The van der Waals surface area contributed by atoms with Crippen LogP contribution in [0, 0.1) is 5.82 Å². The summed E-state index contributed by atoms with van der Waals surface area (Å²) in [6.45, 7) is 1.38. The van der Waals surface area contributed by atoms with E-state index in [-0.39, 0.29) is 17.8 Å². The quantitative estimate of drug-likeness (QED) is 0.763. The fourth-order valence-corrected chi connectivity index (χ4v) is 3.26. The fraction of sp³-hybridized carbons (Fsp3) is 0.263. The molecule has 138 valence electrons. The maximum absolute atomic E-state index is 13.4. The number of halogens is 1. The standard InChI is InChI=1S/C19H18FN5O2/c20-14-5-3-4-13(10-14)11-15-12-25(8-9-27-15)19(26)17-7-2-1-6-16(17)18-21-23-24-22-18/h1-7,10,15H,8-9,11-12H2,(H,21,22,23,24). The highest BCUT2D eigenvalue weighted by Crippen LogP contribution is 2.22. The lowest BCUT2D eigenvalue weighted by Crippen LogP contribution is -2.46. The van der Waals surface area contributed by atoms with Gasteiger partial charge in [0.1, 0.15) is 5.82 Å². The molecule has 0 saturated carbocycles. The van der Waals surface area contributed by atoms with Crippen molar-refractivity contribution in [2.75, 3.05) is 19.7 Å². The number of morpholine rings is 1. The van der Waals surface area contributed by atoms with Crippen LogP contribution in [-0.4, -0.2) is 57.2 Å². The van der Waals surface area contributed by atoms with Crippen molar-refractivity contribution >= 4 is 5.91 Å². The van der Waals surface area contributed by atoms with Gasteiger partial charge >= 0.3 is 0 Å². The summed E-state index contributed by atoms with van der Waals surface area (Å²) >= 11 is 0. The molecule has 2 heterocycles. The van der Waals surface area contributed by atoms with Gasteiger partial charge in [0.15, 0.2) is 0 Å². The first-order valence-corrected chi connectivity index (χ1v) is 8.69. The number of rotatable bonds is 4. The van der Waals surface area contributed by atoms with Gasteiger partial charge in [0.25, 0.3) is 5.91 Å². The van der Waals surface area contributed by atoms with E-state index in [2.05, 4.69) is 20.6 Å². The van der Waals surface area contributed by atoms with Crippen molar-refractivity contribution in [2.45, 2.75) is 12.5 Å². The van der Waals surface area contributed by atoms with E-state index in [1.165, 1.54) is 12.1 Å². The molecule has 1 aliphatic heterocycles. The van der Waals surface area contributed by atoms with Gasteiger partial charge in [-0.15, -0.1) is 10.2 Å². The van der Waals surface area contributed by atoms with Crippen LogP contribution < -0.4 is 0 Å². The number of nitrogens with zero attached hydrogens (tertiary/aromatic N) is 4. The number of amides is 1. The molecule has 0 radical (unpaired) electrons. The fourth-order valence-electron chi connectivity index (χ4n) is 3.26. The van der Waals surface area contributed by atoms with Gasteiger partial charge in [-0.2, -0.15) is 5.21 Å². The van der Waals surface area contributed by atoms with Gasteiger partial charge in [-0.3, -0.25) is 4.79 Å². The number of benzene rings is 2. The Hall–Kier alpha value is -3.13. The van der Waals surface area contributed by atoms with E-state index in [1.54, 1.807) is 23.1 Å².